The molecule has 94 valence electrons. The van der Waals surface area contributed by atoms with Gasteiger partial charge in [0.1, 0.15) is 0 Å². The van der Waals surface area contributed by atoms with Crippen molar-refractivity contribution in [3.8, 4) is 0 Å². The van der Waals surface area contributed by atoms with Crippen LogP contribution in [0.3, 0.4) is 0 Å². The smallest absolute Gasteiger partial charge is 0.0827 e. The Kier molecular flexibility index (Phi) is 2.62. The summed E-state index contributed by atoms with van der Waals surface area (Å²) in [5, 5.41) is 8.22. The molecular formula is C13H22N4. The van der Waals surface area contributed by atoms with Gasteiger partial charge in [-0.2, -0.15) is 5.10 Å². The molecule has 1 aromatic heterocycles. The number of anilines is 1. The van der Waals surface area contributed by atoms with Gasteiger partial charge in [0, 0.05) is 25.7 Å². The number of aromatic nitrogens is 2. The standard InChI is InChI=1S/C13H22N4/c1-9-13(10(2)16(3)15-9)14-11-6-8-17-7-4-5-12(11)17/h11-12,14H,4-8H2,1-3H3. The molecule has 0 saturated carbocycles. The third-order valence-corrected chi connectivity index (χ3v) is 4.44. The highest BCUT2D eigenvalue weighted by Gasteiger charge is 2.37. The maximum Gasteiger partial charge on any atom is 0.0827 e. The number of nitrogens with zero attached hydrogens (tertiary/aromatic N) is 3. The summed E-state index contributed by atoms with van der Waals surface area (Å²) in [4.78, 5) is 2.64. The fourth-order valence-corrected chi connectivity index (χ4v) is 3.42. The molecule has 0 aromatic carbocycles. The molecule has 0 radical (unpaired) electrons. The molecule has 2 aliphatic rings. The number of hydrogen-bond donors (Lipinski definition) is 1. The topological polar surface area (TPSA) is 33.1 Å². The Morgan fingerprint density at radius 3 is 2.76 bits per heavy atom. The van der Waals surface area contributed by atoms with Gasteiger partial charge < -0.3 is 5.32 Å². The predicted molar refractivity (Wildman–Crippen MR) is 69.3 cm³/mol. The van der Waals surface area contributed by atoms with Gasteiger partial charge in [-0.15, -0.1) is 0 Å². The Bertz CT molecular complexity index is 423. The molecule has 2 atom stereocenters. The maximum atomic E-state index is 4.48. The van der Waals surface area contributed by atoms with Crippen molar-refractivity contribution in [1.29, 1.82) is 0 Å². The first-order valence-corrected chi connectivity index (χ1v) is 6.67. The second kappa shape index (κ2) is 4.02. The summed E-state index contributed by atoms with van der Waals surface area (Å²) in [5.41, 5.74) is 3.63. The monoisotopic (exact) mass is 234 g/mol. The van der Waals surface area contributed by atoms with E-state index in [1.54, 1.807) is 0 Å². The third-order valence-electron chi connectivity index (χ3n) is 4.44. The Morgan fingerprint density at radius 1 is 1.24 bits per heavy atom. The first-order chi connectivity index (χ1) is 8.16. The molecule has 0 bridgehead atoms. The summed E-state index contributed by atoms with van der Waals surface area (Å²) in [6, 6.07) is 1.38. The molecule has 2 unspecified atom stereocenters. The first kappa shape index (κ1) is 11.1. The molecule has 3 heterocycles. The van der Waals surface area contributed by atoms with Gasteiger partial charge in [0.15, 0.2) is 0 Å². The lowest BCUT2D eigenvalue weighted by atomic mass is 10.1. The zero-order valence-electron chi connectivity index (χ0n) is 11.0. The van der Waals surface area contributed by atoms with E-state index in [9.17, 15) is 0 Å². The van der Waals surface area contributed by atoms with Crippen molar-refractivity contribution in [2.45, 2.75) is 45.2 Å². The number of hydrogen-bond acceptors (Lipinski definition) is 3. The molecule has 1 aromatic rings. The van der Waals surface area contributed by atoms with E-state index in [-0.39, 0.29) is 0 Å². The highest BCUT2D eigenvalue weighted by Crippen LogP contribution is 2.31. The quantitative estimate of drug-likeness (QED) is 0.845. The van der Waals surface area contributed by atoms with E-state index in [4.69, 9.17) is 0 Å². The number of rotatable bonds is 2. The van der Waals surface area contributed by atoms with Crippen molar-refractivity contribution in [1.82, 2.24) is 14.7 Å². The molecule has 0 amide bonds. The van der Waals surface area contributed by atoms with Crippen LogP contribution in [0, 0.1) is 13.8 Å². The molecule has 2 aliphatic heterocycles. The molecule has 2 fully saturated rings. The zero-order valence-corrected chi connectivity index (χ0v) is 11.0. The van der Waals surface area contributed by atoms with Gasteiger partial charge in [-0.05, 0) is 39.7 Å². The molecule has 0 spiro atoms. The largest absolute Gasteiger partial charge is 0.378 e. The van der Waals surface area contributed by atoms with Crippen molar-refractivity contribution >= 4 is 5.69 Å². The minimum Gasteiger partial charge on any atom is -0.378 e. The van der Waals surface area contributed by atoms with E-state index in [0.717, 1.165) is 11.7 Å². The molecule has 4 heteroatoms. The molecule has 1 N–H and O–H groups in total. The first-order valence-electron chi connectivity index (χ1n) is 6.67. The van der Waals surface area contributed by atoms with Gasteiger partial charge in [-0.25, -0.2) is 0 Å². The van der Waals surface area contributed by atoms with Crippen LogP contribution < -0.4 is 5.32 Å². The number of fused-ring (bicyclic) bond motifs is 1. The SMILES string of the molecule is Cc1nn(C)c(C)c1NC1CCN2CCCC12. The Morgan fingerprint density at radius 2 is 2.06 bits per heavy atom. The fraction of sp³-hybridized carbons (Fsp3) is 0.769. The van der Waals surface area contributed by atoms with Crippen LogP contribution in [0.2, 0.25) is 0 Å². The molecule has 17 heavy (non-hydrogen) atoms. The van der Waals surface area contributed by atoms with Crippen LogP contribution in [0.5, 0.6) is 0 Å². The van der Waals surface area contributed by atoms with E-state index in [2.05, 4.69) is 29.2 Å². The van der Waals surface area contributed by atoms with Crippen LogP contribution in [0.15, 0.2) is 0 Å². The van der Waals surface area contributed by atoms with E-state index in [1.807, 2.05) is 11.7 Å². The van der Waals surface area contributed by atoms with Crippen LogP contribution in [0.4, 0.5) is 5.69 Å². The zero-order chi connectivity index (χ0) is 12.0. The van der Waals surface area contributed by atoms with Crippen molar-refractivity contribution in [2.24, 2.45) is 7.05 Å². The van der Waals surface area contributed by atoms with Gasteiger partial charge in [-0.3, -0.25) is 9.58 Å². The van der Waals surface area contributed by atoms with Gasteiger partial charge in [-0.1, -0.05) is 0 Å². The van der Waals surface area contributed by atoms with Crippen LogP contribution in [0.1, 0.15) is 30.7 Å². The number of nitrogens with one attached hydrogen (secondary N) is 1. The fourth-order valence-electron chi connectivity index (χ4n) is 3.42. The Hall–Kier alpha value is -1.03. The molecular weight excluding hydrogens is 212 g/mol. The Labute approximate surface area is 103 Å². The highest BCUT2D eigenvalue weighted by atomic mass is 15.3. The van der Waals surface area contributed by atoms with Crippen LogP contribution in [-0.4, -0.2) is 39.9 Å². The lowest BCUT2D eigenvalue weighted by Gasteiger charge is -2.22. The second-order valence-corrected chi connectivity index (χ2v) is 5.45. The van der Waals surface area contributed by atoms with E-state index >= 15 is 0 Å². The minimum absolute atomic E-state index is 0.624. The molecule has 0 aliphatic carbocycles. The third kappa shape index (κ3) is 1.75. The summed E-state index contributed by atoms with van der Waals surface area (Å²) in [6.07, 6.45) is 4.00. The maximum absolute atomic E-state index is 4.48. The summed E-state index contributed by atoms with van der Waals surface area (Å²) in [5.74, 6) is 0. The summed E-state index contributed by atoms with van der Waals surface area (Å²) >= 11 is 0. The average molecular weight is 234 g/mol. The summed E-state index contributed by atoms with van der Waals surface area (Å²) in [6.45, 7) is 6.80. The average Bonchev–Trinajstić information content (AvgIpc) is 2.92. The van der Waals surface area contributed by atoms with Crippen molar-refractivity contribution in [3.63, 3.8) is 0 Å². The van der Waals surface area contributed by atoms with Gasteiger partial charge >= 0.3 is 0 Å². The Balaban J connectivity index is 1.78. The van der Waals surface area contributed by atoms with Gasteiger partial charge in [0.25, 0.3) is 0 Å². The van der Waals surface area contributed by atoms with E-state index < -0.39 is 0 Å². The lowest BCUT2D eigenvalue weighted by Crippen LogP contribution is -2.34. The van der Waals surface area contributed by atoms with E-state index in [0.29, 0.717) is 6.04 Å². The molecule has 4 nitrogen and oxygen atoms in total. The molecule has 2 saturated heterocycles. The lowest BCUT2D eigenvalue weighted by molar-refractivity contribution is 0.318. The summed E-state index contributed by atoms with van der Waals surface area (Å²) in [7, 11) is 2.02. The van der Waals surface area contributed by atoms with Crippen molar-refractivity contribution in [3.05, 3.63) is 11.4 Å². The minimum atomic E-state index is 0.624. The van der Waals surface area contributed by atoms with Crippen molar-refractivity contribution < 1.29 is 0 Å². The van der Waals surface area contributed by atoms with Crippen LogP contribution in [0.25, 0.3) is 0 Å². The van der Waals surface area contributed by atoms with Crippen LogP contribution >= 0.6 is 0 Å². The second-order valence-electron chi connectivity index (χ2n) is 5.45. The normalized spacial score (nSPS) is 28.6. The summed E-state index contributed by atoms with van der Waals surface area (Å²) < 4.78 is 1.97. The van der Waals surface area contributed by atoms with E-state index in [1.165, 1.54) is 43.7 Å². The van der Waals surface area contributed by atoms with Crippen molar-refractivity contribution in [2.75, 3.05) is 18.4 Å². The number of aryl methyl sites for hydroxylation is 2. The highest BCUT2D eigenvalue weighted by molar-refractivity contribution is 5.53. The van der Waals surface area contributed by atoms with Gasteiger partial charge in [0.2, 0.25) is 0 Å². The van der Waals surface area contributed by atoms with Crippen LogP contribution in [-0.2, 0) is 7.05 Å². The molecule has 3 rings (SSSR count). The predicted octanol–water partition coefficient (Wildman–Crippen LogP) is 1.69. The van der Waals surface area contributed by atoms with Gasteiger partial charge in [0.05, 0.1) is 17.1 Å².